The van der Waals surface area contributed by atoms with Gasteiger partial charge in [-0.05, 0) is 88.4 Å². The summed E-state index contributed by atoms with van der Waals surface area (Å²) < 4.78 is 0. The lowest BCUT2D eigenvalue weighted by Crippen LogP contribution is -2.24. The van der Waals surface area contributed by atoms with Gasteiger partial charge in [0.2, 0.25) is 0 Å². The number of rotatable bonds is 15. The van der Waals surface area contributed by atoms with Crippen LogP contribution in [0.25, 0.3) is 0 Å². The van der Waals surface area contributed by atoms with Gasteiger partial charge < -0.3 is 0 Å². The van der Waals surface area contributed by atoms with Gasteiger partial charge in [-0.15, -0.1) is 0 Å². The smallest absolute Gasteiger partial charge is 0.158 e. The molecule has 0 aromatic rings. The molecule has 0 spiro atoms. The first-order valence-electron chi connectivity index (χ1n) is 15.5. The van der Waals surface area contributed by atoms with Crippen molar-refractivity contribution in [2.45, 2.75) is 101 Å². The molecule has 0 fully saturated rings. The van der Waals surface area contributed by atoms with Crippen LogP contribution in [0.3, 0.4) is 0 Å². The fourth-order valence-corrected chi connectivity index (χ4v) is 4.64. The minimum absolute atomic E-state index is 0.0406. The highest BCUT2D eigenvalue weighted by molar-refractivity contribution is 5.97. The Labute approximate surface area is 263 Å². The van der Waals surface area contributed by atoms with E-state index >= 15 is 0 Å². The lowest BCUT2D eigenvalue weighted by Gasteiger charge is -2.32. The van der Waals surface area contributed by atoms with Crippen molar-refractivity contribution in [2.75, 3.05) is 0 Å². The van der Waals surface area contributed by atoms with E-state index in [1.54, 1.807) is 6.92 Å². The van der Waals surface area contributed by atoms with Gasteiger partial charge in [0.25, 0.3) is 0 Å². The van der Waals surface area contributed by atoms with Crippen LogP contribution in [-0.2, 0) is 9.59 Å². The summed E-state index contributed by atoms with van der Waals surface area (Å²) >= 11 is 0. The molecular weight excluding hydrogens is 524 g/mol. The Morgan fingerprint density at radius 3 is 1.84 bits per heavy atom. The van der Waals surface area contributed by atoms with E-state index < -0.39 is 0 Å². The zero-order valence-electron chi connectivity index (χ0n) is 28.6. The molecule has 1 rings (SSSR count). The van der Waals surface area contributed by atoms with Crippen molar-refractivity contribution in [2.24, 2.45) is 10.8 Å². The molecule has 0 radical (unpaired) electrons. The average Bonchev–Trinajstić information content (AvgIpc) is 2.91. The second-order valence-electron chi connectivity index (χ2n) is 13.4. The minimum atomic E-state index is 0.0406. The van der Waals surface area contributed by atoms with Gasteiger partial charge in [-0.1, -0.05) is 142 Å². The minimum Gasteiger partial charge on any atom is -0.295 e. The van der Waals surface area contributed by atoms with E-state index in [0.717, 1.165) is 36.0 Å². The summed E-state index contributed by atoms with van der Waals surface area (Å²) in [6.45, 7) is 24.7. The standard InChI is InChI=1S/C41H56O2/c1-31(2)38(42)26-29-40(8,9)28-16-23-34(5)21-14-19-32(3)17-12-13-18-33(4)20-15-22-35(6)24-25-37-36(7)39(43)27-30-41(37,10)11/h12-25H,1,26-30H2,2-11H3/b13-12+,19-14?,20-15?,23-16+,25-24+,32-17+,33-18+,34-21?,35-22?. The third-order valence-corrected chi connectivity index (χ3v) is 7.86. The lowest BCUT2D eigenvalue weighted by molar-refractivity contribution is -0.117. The molecular formula is C41H56O2. The van der Waals surface area contributed by atoms with Gasteiger partial charge in [0.05, 0.1) is 0 Å². The zero-order valence-corrected chi connectivity index (χ0v) is 28.6. The van der Waals surface area contributed by atoms with Crippen molar-refractivity contribution in [3.05, 3.63) is 131 Å². The predicted octanol–water partition coefficient (Wildman–Crippen LogP) is 11.6. The molecule has 1 aliphatic rings. The molecule has 0 bridgehead atoms. The van der Waals surface area contributed by atoms with E-state index in [1.807, 2.05) is 6.92 Å². The van der Waals surface area contributed by atoms with Gasteiger partial charge >= 0.3 is 0 Å². The van der Waals surface area contributed by atoms with Gasteiger partial charge in [0, 0.05) is 12.8 Å². The van der Waals surface area contributed by atoms with Crippen LogP contribution in [0, 0.1) is 10.8 Å². The topological polar surface area (TPSA) is 34.1 Å². The number of allylic oxidation sites excluding steroid dienone is 21. The maximum absolute atomic E-state index is 12.2. The number of carbonyl (C=O) groups excluding carboxylic acids is 2. The van der Waals surface area contributed by atoms with Crippen molar-refractivity contribution >= 4 is 11.6 Å². The Bertz CT molecular complexity index is 1320. The Hall–Kier alpha value is -3.52. The van der Waals surface area contributed by atoms with E-state index in [-0.39, 0.29) is 22.4 Å². The monoisotopic (exact) mass is 580 g/mol. The SMILES string of the molecule is C=C(C)C(=O)CCC(C)(C)C/C=C/C(C)=CC=C/C(C)=C/C=C/C=C(\C)C=CC=C(C)/C=C/C1=C(C)C(=O)CCC1(C)C. The van der Waals surface area contributed by atoms with E-state index in [9.17, 15) is 9.59 Å². The van der Waals surface area contributed by atoms with Crippen LogP contribution in [0.2, 0.25) is 0 Å². The lowest BCUT2D eigenvalue weighted by atomic mass is 9.72. The molecule has 0 unspecified atom stereocenters. The van der Waals surface area contributed by atoms with Crippen LogP contribution >= 0.6 is 0 Å². The van der Waals surface area contributed by atoms with E-state index in [0.29, 0.717) is 18.4 Å². The quantitative estimate of drug-likeness (QED) is 0.143. The first-order chi connectivity index (χ1) is 20.0. The van der Waals surface area contributed by atoms with Crippen LogP contribution in [0.1, 0.15) is 101 Å². The predicted molar refractivity (Wildman–Crippen MR) is 189 cm³/mol. The molecule has 1 aliphatic carbocycles. The van der Waals surface area contributed by atoms with E-state index in [1.165, 1.54) is 16.7 Å². The highest BCUT2D eigenvalue weighted by atomic mass is 16.1. The van der Waals surface area contributed by atoms with Crippen molar-refractivity contribution in [1.29, 1.82) is 0 Å². The largest absolute Gasteiger partial charge is 0.295 e. The summed E-state index contributed by atoms with van der Waals surface area (Å²) in [4.78, 5) is 24.0. The number of Topliss-reactive ketones (excluding diaryl/α,β-unsaturated/α-hetero) is 2. The summed E-state index contributed by atoms with van der Waals surface area (Å²) in [6.07, 6.45) is 33.4. The van der Waals surface area contributed by atoms with Crippen molar-refractivity contribution in [3.63, 3.8) is 0 Å². The summed E-state index contributed by atoms with van der Waals surface area (Å²) in [7, 11) is 0. The molecule has 0 amide bonds. The molecule has 0 saturated carbocycles. The van der Waals surface area contributed by atoms with Crippen LogP contribution in [0.5, 0.6) is 0 Å². The van der Waals surface area contributed by atoms with Crippen molar-refractivity contribution in [3.8, 4) is 0 Å². The Morgan fingerprint density at radius 2 is 1.30 bits per heavy atom. The summed E-state index contributed by atoms with van der Waals surface area (Å²) in [5.74, 6) is 0.433. The molecule has 43 heavy (non-hydrogen) atoms. The molecule has 0 aromatic heterocycles. The van der Waals surface area contributed by atoms with Gasteiger partial charge in [0.15, 0.2) is 11.6 Å². The maximum atomic E-state index is 12.2. The second-order valence-corrected chi connectivity index (χ2v) is 13.4. The van der Waals surface area contributed by atoms with Crippen LogP contribution in [-0.4, -0.2) is 11.6 Å². The van der Waals surface area contributed by atoms with Crippen LogP contribution < -0.4 is 0 Å². The average molecular weight is 581 g/mol. The third kappa shape index (κ3) is 15.5. The van der Waals surface area contributed by atoms with Gasteiger partial charge in [0.1, 0.15) is 0 Å². The summed E-state index contributed by atoms with van der Waals surface area (Å²) in [5.41, 5.74) is 7.52. The first kappa shape index (κ1) is 37.5. The first-order valence-corrected chi connectivity index (χ1v) is 15.5. The Balaban J connectivity index is 2.61. The zero-order chi connectivity index (χ0) is 32.6. The molecule has 2 heteroatoms. The maximum Gasteiger partial charge on any atom is 0.158 e. The fraction of sp³-hybridized carbons (Fsp3) is 0.415. The number of hydrogen-bond acceptors (Lipinski definition) is 2. The molecule has 0 saturated heterocycles. The molecule has 0 heterocycles. The molecule has 232 valence electrons. The normalized spacial score (nSPS) is 18.0. The highest BCUT2D eigenvalue weighted by Gasteiger charge is 2.30. The summed E-state index contributed by atoms with van der Waals surface area (Å²) in [5, 5.41) is 0. The number of ketones is 2. The van der Waals surface area contributed by atoms with Crippen molar-refractivity contribution < 1.29 is 9.59 Å². The fourth-order valence-electron chi connectivity index (χ4n) is 4.64. The van der Waals surface area contributed by atoms with Gasteiger partial charge in [-0.2, -0.15) is 0 Å². The Kier molecular flexibility index (Phi) is 15.9. The third-order valence-electron chi connectivity index (χ3n) is 7.86. The molecule has 0 aromatic carbocycles. The molecule has 2 nitrogen and oxygen atoms in total. The van der Waals surface area contributed by atoms with Crippen molar-refractivity contribution in [1.82, 2.24) is 0 Å². The molecule has 0 N–H and O–H groups in total. The molecule has 0 atom stereocenters. The highest BCUT2D eigenvalue weighted by Crippen LogP contribution is 2.39. The van der Waals surface area contributed by atoms with E-state index in [2.05, 4.69) is 147 Å². The van der Waals surface area contributed by atoms with E-state index in [4.69, 9.17) is 0 Å². The molecule has 0 aliphatic heterocycles. The van der Waals surface area contributed by atoms with Crippen LogP contribution in [0.15, 0.2) is 131 Å². The second kappa shape index (κ2) is 18.2. The summed E-state index contributed by atoms with van der Waals surface area (Å²) in [6, 6.07) is 0. The Morgan fingerprint density at radius 1 is 0.814 bits per heavy atom. The number of carbonyl (C=O) groups is 2. The van der Waals surface area contributed by atoms with Gasteiger partial charge in [-0.25, -0.2) is 0 Å². The number of hydrogen-bond donors (Lipinski definition) is 0. The van der Waals surface area contributed by atoms with Gasteiger partial charge in [-0.3, -0.25) is 9.59 Å². The van der Waals surface area contributed by atoms with Crippen LogP contribution in [0.4, 0.5) is 0 Å².